The molecule has 8 nitrogen and oxygen atoms in total. The number of aromatic nitrogens is 2. The van der Waals surface area contributed by atoms with Crippen LogP contribution < -0.4 is 0 Å². The van der Waals surface area contributed by atoms with Gasteiger partial charge in [0.15, 0.2) is 5.69 Å². The van der Waals surface area contributed by atoms with Crippen molar-refractivity contribution in [2.75, 3.05) is 26.2 Å². The molecule has 4 rings (SSSR count). The number of nitro groups is 1. The van der Waals surface area contributed by atoms with Gasteiger partial charge in [-0.2, -0.15) is 5.10 Å². The molecular weight excluding hydrogens is 334 g/mol. The van der Waals surface area contributed by atoms with Crippen LogP contribution >= 0.6 is 0 Å². The fraction of sp³-hybridized carbons (Fsp3) is 0.333. The fourth-order valence-electron chi connectivity index (χ4n) is 3.49. The summed E-state index contributed by atoms with van der Waals surface area (Å²) in [6.07, 6.45) is 7.01. The third-order valence-corrected chi connectivity index (χ3v) is 4.95. The summed E-state index contributed by atoms with van der Waals surface area (Å²) in [6, 6.07) is 8.18. The van der Waals surface area contributed by atoms with Crippen molar-refractivity contribution in [2.45, 2.75) is 12.5 Å². The Labute approximate surface area is 150 Å². The van der Waals surface area contributed by atoms with E-state index in [0.717, 1.165) is 32.6 Å². The van der Waals surface area contributed by atoms with Crippen molar-refractivity contribution in [3.8, 4) is 5.69 Å². The van der Waals surface area contributed by atoms with Crippen molar-refractivity contribution in [1.82, 2.24) is 19.6 Å². The molecule has 1 unspecified atom stereocenters. The minimum Gasteiger partial charge on any atom is -0.336 e. The van der Waals surface area contributed by atoms with Crippen molar-refractivity contribution in [3.05, 3.63) is 64.5 Å². The molecule has 1 atom stereocenters. The van der Waals surface area contributed by atoms with Gasteiger partial charge in [0.1, 0.15) is 0 Å². The lowest BCUT2D eigenvalue weighted by Gasteiger charge is -2.23. The van der Waals surface area contributed by atoms with Gasteiger partial charge in [-0.15, -0.1) is 0 Å². The zero-order valence-electron chi connectivity index (χ0n) is 14.2. The van der Waals surface area contributed by atoms with Crippen LogP contribution in [0.3, 0.4) is 0 Å². The number of likely N-dealkylation sites (tertiary alicyclic amines) is 1. The molecule has 0 radical (unpaired) electrons. The maximum absolute atomic E-state index is 12.7. The Morgan fingerprint density at radius 2 is 1.88 bits per heavy atom. The summed E-state index contributed by atoms with van der Waals surface area (Å²) >= 11 is 0. The van der Waals surface area contributed by atoms with E-state index in [1.165, 1.54) is 12.1 Å². The molecule has 0 spiro atoms. The number of amides is 1. The van der Waals surface area contributed by atoms with Gasteiger partial charge in [0.25, 0.3) is 11.6 Å². The van der Waals surface area contributed by atoms with Gasteiger partial charge >= 0.3 is 0 Å². The van der Waals surface area contributed by atoms with Crippen LogP contribution in [0, 0.1) is 10.1 Å². The van der Waals surface area contributed by atoms with E-state index in [4.69, 9.17) is 0 Å². The van der Waals surface area contributed by atoms with E-state index >= 15 is 0 Å². The number of nitrogens with zero attached hydrogens (tertiary/aromatic N) is 5. The van der Waals surface area contributed by atoms with Gasteiger partial charge in [0.05, 0.1) is 10.6 Å². The number of nitro benzene ring substituents is 1. The second kappa shape index (κ2) is 6.72. The predicted molar refractivity (Wildman–Crippen MR) is 95.2 cm³/mol. The first-order chi connectivity index (χ1) is 12.6. The largest absolute Gasteiger partial charge is 0.336 e. The SMILES string of the molecule is O=C(c1ccn(-c2ccc([N+](=O)[O-])cc2)n1)N1CCC(N2CC=CC2)C1. The van der Waals surface area contributed by atoms with E-state index in [1.807, 2.05) is 4.90 Å². The number of carbonyl (C=O) groups excluding carboxylic acids is 1. The Hall–Kier alpha value is -3.00. The topological polar surface area (TPSA) is 84.5 Å². The highest BCUT2D eigenvalue weighted by molar-refractivity contribution is 5.92. The van der Waals surface area contributed by atoms with Gasteiger partial charge in [-0.05, 0) is 24.6 Å². The standard InChI is InChI=1S/C18H19N5O3/c24-18(21-11-7-16(13-21)20-9-1-2-10-20)17-8-12-22(19-17)14-3-5-15(6-4-14)23(25)26/h1-6,8,12,16H,7,9-11,13H2. The van der Waals surface area contributed by atoms with Crippen LogP contribution in [0.1, 0.15) is 16.9 Å². The van der Waals surface area contributed by atoms with E-state index in [9.17, 15) is 14.9 Å². The van der Waals surface area contributed by atoms with Crippen molar-refractivity contribution >= 4 is 11.6 Å². The van der Waals surface area contributed by atoms with Crippen molar-refractivity contribution < 1.29 is 9.72 Å². The molecule has 0 bridgehead atoms. The average molecular weight is 353 g/mol. The highest BCUT2D eigenvalue weighted by Gasteiger charge is 2.31. The van der Waals surface area contributed by atoms with E-state index in [2.05, 4.69) is 22.2 Å². The summed E-state index contributed by atoms with van der Waals surface area (Å²) in [5.74, 6) is -0.0692. The van der Waals surface area contributed by atoms with E-state index in [0.29, 0.717) is 17.4 Å². The summed E-state index contributed by atoms with van der Waals surface area (Å²) in [5.41, 5.74) is 1.09. The Kier molecular flexibility index (Phi) is 4.26. The van der Waals surface area contributed by atoms with E-state index in [-0.39, 0.29) is 11.6 Å². The molecule has 1 saturated heterocycles. The van der Waals surface area contributed by atoms with Crippen LogP contribution in [0.4, 0.5) is 5.69 Å². The Morgan fingerprint density at radius 3 is 2.58 bits per heavy atom. The van der Waals surface area contributed by atoms with Gasteiger partial charge in [-0.25, -0.2) is 4.68 Å². The molecule has 1 amide bonds. The zero-order chi connectivity index (χ0) is 18.1. The number of benzene rings is 1. The molecule has 0 aliphatic carbocycles. The summed E-state index contributed by atoms with van der Waals surface area (Å²) in [7, 11) is 0. The first-order valence-corrected chi connectivity index (χ1v) is 8.60. The molecule has 8 heteroatoms. The van der Waals surface area contributed by atoms with Gasteiger partial charge in [-0.1, -0.05) is 12.2 Å². The number of carbonyl (C=O) groups is 1. The number of hydrogen-bond acceptors (Lipinski definition) is 5. The monoisotopic (exact) mass is 353 g/mol. The third kappa shape index (κ3) is 3.11. The Balaban J connectivity index is 1.44. The van der Waals surface area contributed by atoms with Gasteiger partial charge in [0, 0.05) is 50.6 Å². The second-order valence-electron chi connectivity index (χ2n) is 6.54. The molecule has 26 heavy (non-hydrogen) atoms. The molecule has 1 fully saturated rings. The molecule has 1 aromatic heterocycles. The smallest absolute Gasteiger partial charge is 0.274 e. The van der Waals surface area contributed by atoms with Crippen LogP contribution in [-0.4, -0.2) is 62.6 Å². The lowest BCUT2D eigenvalue weighted by Crippen LogP contribution is -2.37. The molecule has 1 aromatic carbocycles. The normalized spacial score (nSPS) is 20.0. The second-order valence-corrected chi connectivity index (χ2v) is 6.54. The minimum absolute atomic E-state index is 0.0247. The van der Waals surface area contributed by atoms with Crippen LogP contribution in [0.15, 0.2) is 48.7 Å². The fourth-order valence-corrected chi connectivity index (χ4v) is 3.49. The van der Waals surface area contributed by atoms with Gasteiger partial charge < -0.3 is 4.90 Å². The van der Waals surface area contributed by atoms with Gasteiger partial charge in [0.2, 0.25) is 0 Å². The van der Waals surface area contributed by atoms with Crippen molar-refractivity contribution in [3.63, 3.8) is 0 Å². The van der Waals surface area contributed by atoms with E-state index < -0.39 is 4.92 Å². The number of non-ortho nitro benzene ring substituents is 1. The van der Waals surface area contributed by atoms with Gasteiger partial charge in [-0.3, -0.25) is 19.8 Å². The molecule has 3 heterocycles. The lowest BCUT2D eigenvalue weighted by molar-refractivity contribution is -0.384. The first-order valence-electron chi connectivity index (χ1n) is 8.60. The molecule has 2 aromatic rings. The molecule has 2 aliphatic heterocycles. The average Bonchev–Trinajstić information content (AvgIpc) is 3.42. The van der Waals surface area contributed by atoms with Crippen molar-refractivity contribution in [2.24, 2.45) is 0 Å². The predicted octanol–water partition coefficient (Wildman–Crippen LogP) is 1.87. The number of rotatable bonds is 4. The van der Waals surface area contributed by atoms with Crippen LogP contribution in [0.25, 0.3) is 5.69 Å². The van der Waals surface area contributed by atoms with Crippen LogP contribution in [0.2, 0.25) is 0 Å². The zero-order valence-corrected chi connectivity index (χ0v) is 14.2. The lowest BCUT2D eigenvalue weighted by atomic mass is 10.2. The summed E-state index contributed by atoms with van der Waals surface area (Å²) in [5, 5.41) is 15.1. The maximum Gasteiger partial charge on any atom is 0.274 e. The number of hydrogen-bond donors (Lipinski definition) is 0. The molecule has 134 valence electrons. The third-order valence-electron chi connectivity index (χ3n) is 4.95. The molecular formula is C18H19N5O3. The molecule has 2 aliphatic rings. The molecule has 0 N–H and O–H groups in total. The quantitative estimate of drug-likeness (QED) is 0.476. The minimum atomic E-state index is -0.443. The Morgan fingerprint density at radius 1 is 1.15 bits per heavy atom. The molecule has 0 saturated carbocycles. The Bertz CT molecular complexity index is 850. The first kappa shape index (κ1) is 16.5. The van der Waals surface area contributed by atoms with E-state index in [1.54, 1.807) is 29.1 Å². The summed E-state index contributed by atoms with van der Waals surface area (Å²) in [6.45, 7) is 3.39. The highest BCUT2D eigenvalue weighted by Crippen LogP contribution is 2.20. The summed E-state index contributed by atoms with van der Waals surface area (Å²) in [4.78, 5) is 27.2. The van der Waals surface area contributed by atoms with Crippen LogP contribution in [0.5, 0.6) is 0 Å². The van der Waals surface area contributed by atoms with Crippen molar-refractivity contribution in [1.29, 1.82) is 0 Å². The highest BCUT2D eigenvalue weighted by atomic mass is 16.6. The summed E-state index contributed by atoms with van der Waals surface area (Å²) < 4.78 is 1.56. The maximum atomic E-state index is 12.7. The van der Waals surface area contributed by atoms with Crippen LogP contribution in [-0.2, 0) is 0 Å².